The van der Waals surface area contributed by atoms with E-state index in [0.29, 0.717) is 18.4 Å². The first-order chi connectivity index (χ1) is 7.02. The molecule has 15 heavy (non-hydrogen) atoms. The third-order valence-electron chi connectivity index (χ3n) is 2.16. The molecule has 0 aliphatic rings. The second kappa shape index (κ2) is 4.44. The van der Waals surface area contributed by atoms with Crippen molar-refractivity contribution in [1.29, 1.82) is 0 Å². The third kappa shape index (κ3) is 2.02. The third-order valence-corrected chi connectivity index (χ3v) is 2.53. The summed E-state index contributed by atoms with van der Waals surface area (Å²) < 4.78 is 1.17. The van der Waals surface area contributed by atoms with Gasteiger partial charge in [-0.25, -0.2) is 9.48 Å². The number of aryl methyl sites for hydroxylation is 1. The van der Waals surface area contributed by atoms with Gasteiger partial charge in [0.25, 0.3) is 0 Å². The molecular formula is C9H11ClN2O3. The van der Waals surface area contributed by atoms with Crippen molar-refractivity contribution in [3.05, 3.63) is 16.4 Å². The molecule has 1 heterocycles. The molecule has 5 nitrogen and oxygen atoms in total. The number of hydrogen-bond donors (Lipinski definition) is 1. The summed E-state index contributed by atoms with van der Waals surface area (Å²) >= 11 is 5.85. The summed E-state index contributed by atoms with van der Waals surface area (Å²) in [6.45, 7) is 3.33. The van der Waals surface area contributed by atoms with Crippen LogP contribution in [-0.2, 0) is 4.79 Å². The van der Waals surface area contributed by atoms with Gasteiger partial charge in [-0.05, 0) is 13.3 Å². The van der Waals surface area contributed by atoms with E-state index in [0.717, 1.165) is 0 Å². The number of hydrogen-bond acceptors (Lipinski definition) is 3. The van der Waals surface area contributed by atoms with Crippen LogP contribution in [0.2, 0.25) is 5.15 Å². The molecule has 82 valence electrons. The van der Waals surface area contributed by atoms with Crippen LogP contribution in [0.4, 0.5) is 0 Å². The number of aromatic nitrogens is 2. The SMILES string of the molecule is CCC(C(=O)O)n1nc(C)c(C=O)c1Cl. The predicted molar refractivity (Wildman–Crippen MR) is 54.3 cm³/mol. The molecule has 0 aliphatic heterocycles. The summed E-state index contributed by atoms with van der Waals surface area (Å²) in [6, 6.07) is -0.829. The maximum absolute atomic E-state index is 10.9. The van der Waals surface area contributed by atoms with Crippen molar-refractivity contribution in [2.24, 2.45) is 0 Å². The molecule has 1 aromatic rings. The monoisotopic (exact) mass is 230 g/mol. The van der Waals surface area contributed by atoms with E-state index in [1.165, 1.54) is 4.68 Å². The summed E-state index contributed by atoms with van der Waals surface area (Å²) in [6.07, 6.45) is 0.935. The van der Waals surface area contributed by atoms with Crippen LogP contribution in [0.15, 0.2) is 0 Å². The van der Waals surface area contributed by atoms with E-state index in [4.69, 9.17) is 16.7 Å². The van der Waals surface area contributed by atoms with Crippen LogP contribution < -0.4 is 0 Å². The van der Waals surface area contributed by atoms with Crippen LogP contribution in [-0.4, -0.2) is 27.1 Å². The predicted octanol–water partition coefficient (Wildman–Crippen LogP) is 1.69. The molecule has 1 aromatic heterocycles. The Balaban J connectivity index is 3.25. The van der Waals surface area contributed by atoms with E-state index in [9.17, 15) is 9.59 Å². The number of aldehydes is 1. The van der Waals surface area contributed by atoms with Gasteiger partial charge in [-0.3, -0.25) is 4.79 Å². The van der Waals surface area contributed by atoms with Gasteiger partial charge in [0.05, 0.1) is 11.3 Å². The summed E-state index contributed by atoms with van der Waals surface area (Å²) in [5.41, 5.74) is 0.686. The Hall–Kier alpha value is -1.36. The zero-order valence-corrected chi connectivity index (χ0v) is 9.15. The molecule has 0 aromatic carbocycles. The average Bonchev–Trinajstić information content (AvgIpc) is 2.43. The number of nitrogens with zero attached hydrogens (tertiary/aromatic N) is 2. The lowest BCUT2D eigenvalue weighted by Crippen LogP contribution is -2.19. The highest BCUT2D eigenvalue weighted by Gasteiger charge is 2.23. The quantitative estimate of drug-likeness (QED) is 0.799. The first-order valence-corrected chi connectivity index (χ1v) is 4.83. The zero-order valence-electron chi connectivity index (χ0n) is 8.40. The largest absolute Gasteiger partial charge is 0.480 e. The van der Waals surface area contributed by atoms with Gasteiger partial charge in [0, 0.05) is 0 Å². The van der Waals surface area contributed by atoms with Gasteiger partial charge in [-0.15, -0.1) is 0 Å². The number of halogens is 1. The Morgan fingerprint density at radius 1 is 1.73 bits per heavy atom. The summed E-state index contributed by atoms with van der Waals surface area (Å²) in [7, 11) is 0. The molecular weight excluding hydrogens is 220 g/mol. The van der Waals surface area contributed by atoms with Gasteiger partial charge >= 0.3 is 5.97 Å². The minimum atomic E-state index is -1.01. The molecule has 0 saturated carbocycles. The fraction of sp³-hybridized carbons (Fsp3) is 0.444. The van der Waals surface area contributed by atoms with Crippen LogP contribution >= 0.6 is 11.6 Å². The minimum absolute atomic E-state index is 0.0803. The highest BCUT2D eigenvalue weighted by Crippen LogP contribution is 2.23. The molecule has 1 unspecified atom stereocenters. The minimum Gasteiger partial charge on any atom is -0.480 e. The molecule has 0 fully saturated rings. The number of carboxylic acid groups (broad SMARTS) is 1. The van der Waals surface area contributed by atoms with Crippen molar-refractivity contribution < 1.29 is 14.7 Å². The smallest absolute Gasteiger partial charge is 0.328 e. The molecule has 0 saturated heterocycles. The van der Waals surface area contributed by atoms with Gasteiger partial charge in [-0.1, -0.05) is 18.5 Å². The van der Waals surface area contributed by atoms with E-state index in [2.05, 4.69) is 5.10 Å². The van der Waals surface area contributed by atoms with Crippen molar-refractivity contribution in [3.8, 4) is 0 Å². The lowest BCUT2D eigenvalue weighted by molar-refractivity contribution is -0.141. The molecule has 1 N–H and O–H groups in total. The number of carbonyl (C=O) groups excluding carboxylic acids is 1. The second-order valence-corrected chi connectivity index (χ2v) is 3.47. The van der Waals surface area contributed by atoms with Crippen molar-refractivity contribution in [3.63, 3.8) is 0 Å². The molecule has 1 atom stereocenters. The van der Waals surface area contributed by atoms with Crippen molar-refractivity contribution in [2.45, 2.75) is 26.3 Å². The van der Waals surface area contributed by atoms with Crippen molar-refractivity contribution in [1.82, 2.24) is 9.78 Å². The Kier molecular flexibility index (Phi) is 3.47. The lowest BCUT2D eigenvalue weighted by atomic mass is 10.2. The lowest BCUT2D eigenvalue weighted by Gasteiger charge is -2.10. The van der Waals surface area contributed by atoms with Gasteiger partial charge in [0.2, 0.25) is 0 Å². The van der Waals surface area contributed by atoms with Crippen LogP contribution in [0.3, 0.4) is 0 Å². The van der Waals surface area contributed by atoms with Crippen LogP contribution in [0.5, 0.6) is 0 Å². The summed E-state index contributed by atoms with van der Waals surface area (Å²) in [5.74, 6) is -1.01. The Morgan fingerprint density at radius 3 is 2.67 bits per heavy atom. The van der Waals surface area contributed by atoms with Gasteiger partial charge in [-0.2, -0.15) is 5.10 Å². The fourth-order valence-corrected chi connectivity index (χ4v) is 1.66. The maximum Gasteiger partial charge on any atom is 0.328 e. The van der Waals surface area contributed by atoms with Gasteiger partial charge in [0.15, 0.2) is 12.3 Å². The van der Waals surface area contributed by atoms with E-state index < -0.39 is 12.0 Å². The maximum atomic E-state index is 10.9. The molecule has 6 heteroatoms. The van der Waals surface area contributed by atoms with Crippen molar-refractivity contribution >= 4 is 23.9 Å². The summed E-state index contributed by atoms with van der Waals surface area (Å²) in [5, 5.41) is 12.9. The number of carboxylic acids is 1. The Bertz CT molecular complexity index is 400. The summed E-state index contributed by atoms with van der Waals surface area (Å²) in [4.78, 5) is 21.5. The number of aliphatic carboxylic acids is 1. The van der Waals surface area contributed by atoms with Crippen LogP contribution in [0.1, 0.15) is 35.4 Å². The molecule has 0 amide bonds. The molecule has 0 aliphatic carbocycles. The first kappa shape index (κ1) is 11.7. The molecule has 0 spiro atoms. The number of rotatable bonds is 4. The average molecular weight is 231 g/mol. The van der Waals surface area contributed by atoms with Gasteiger partial charge < -0.3 is 5.11 Å². The first-order valence-electron chi connectivity index (χ1n) is 4.45. The molecule has 0 bridgehead atoms. The van der Waals surface area contributed by atoms with Crippen molar-refractivity contribution in [2.75, 3.05) is 0 Å². The second-order valence-electron chi connectivity index (χ2n) is 3.11. The van der Waals surface area contributed by atoms with E-state index >= 15 is 0 Å². The van der Waals surface area contributed by atoms with Gasteiger partial charge in [0.1, 0.15) is 5.15 Å². The topological polar surface area (TPSA) is 72.2 Å². The van der Waals surface area contributed by atoms with Crippen LogP contribution in [0.25, 0.3) is 0 Å². The zero-order chi connectivity index (χ0) is 11.6. The van der Waals surface area contributed by atoms with E-state index in [1.807, 2.05) is 0 Å². The molecule has 0 radical (unpaired) electrons. The standard InChI is InChI=1S/C9H11ClN2O3/c1-3-7(9(14)15)12-8(10)6(4-13)5(2)11-12/h4,7H,3H2,1-2H3,(H,14,15). The fourth-order valence-electron chi connectivity index (χ4n) is 1.32. The highest BCUT2D eigenvalue weighted by atomic mass is 35.5. The highest BCUT2D eigenvalue weighted by molar-refractivity contribution is 6.32. The van der Waals surface area contributed by atoms with E-state index in [1.54, 1.807) is 13.8 Å². The molecule has 1 rings (SSSR count). The Morgan fingerprint density at radius 2 is 2.33 bits per heavy atom. The Labute approximate surface area is 91.6 Å². The number of carbonyl (C=O) groups is 2. The van der Waals surface area contributed by atoms with E-state index in [-0.39, 0.29) is 10.7 Å². The van der Waals surface area contributed by atoms with Crippen LogP contribution in [0, 0.1) is 6.92 Å². The normalized spacial score (nSPS) is 12.5.